The molecule has 0 spiro atoms. The lowest BCUT2D eigenvalue weighted by atomic mass is 10.3. The highest BCUT2D eigenvalue weighted by molar-refractivity contribution is 7.94. The zero-order valence-electron chi connectivity index (χ0n) is 10.4. The van der Waals surface area contributed by atoms with Gasteiger partial charge in [0.1, 0.15) is 0 Å². The Morgan fingerprint density at radius 2 is 1.89 bits per heavy atom. The second kappa shape index (κ2) is 6.62. The van der Waals surface area contributed by atoms with Crippen molar-refractivity contribution in [3.05, 3.63) is 30.3 Å². The van der Waals surface area contributed by atoms with Crippen LogP contribution in [0.25, 0.3) is 0 Å². The average molecular weight is 289 g/mol. The van der Waals surface area contributed by atoms with Gasteiger partial charge in [0.2, 0.25) is 0 Å². The molecule has 0 aliphatic carbocycles. The smallest absolute Gasteiger partial charge is 0.235 e. The Bertz CT molecular complexity index is 575. The Balaban J connectivity index is 3.19. The van der Waals surface area contributed by atoms with Crippen LogP contribution in [0.5, 0.6) is 0 Å². The molecule has 0 N–H and O–H groups in total. The van der Waals surface area contributed by atoms with Crippen molar-refractivity contribution in [1.82, 2.24) is 0 Å². The van der Waals surface area contributed by atoms with Crippen molar-refractivity contribution in [3.8, 4) is 12.0 Å². The first-order valence-corrected chi connectivity index (χ1v) is 7.28. The van der Waals surface area contributed by atoms with Crippen molar-refractivity contribution in [1.29, 1.82) is 0 Å². The van der Waals surface area contributed by atoms with Gasteiger partial charge in [-0.15, -0.1) is 4.36 Å². The van der Waals surface area contributed by atoms with Crippen LogP contribution in [0.2, 0.25) is 0 Å². The lowest BCUT2D eigenvalue weighted by molar-refractivity contribution is -0.0402. The maximum atomic E-state index is 12.9. The van der Waals surface area contributed by atoms with Gasteiger partial charge in [0.15, 0.2) is 9.73 Å². The predicted molar refractivity (Wildman–Crippen MR) is 68.6 cm³/mol. The largest absolute Gasteiger partial charge is 0.484 e. The Morgan fingerprint density at radius 3 is 2.42 bits per heavy atom. The number of unbranched alkanes of at least 4 members (excludes halogenated alkanes) is 2. The molecule has 0 aliphatic rings. The number of hydrogen-bond acceptors (Lipinski definition) is 2. The standard InChI is InChI=1S/C13H14F3NOS/c1-2-3-4-8-11-17-19(18,13(14,15)16)12-9-6-5-7-10-12/h5-7,9-10H,2-4H2,1H3. The van der Waals surface area contributed by atoms with Crippen LogP contribution in [0.4, 0.5) is 13.2 Å². The zero-order valence-corrected chi connectivity index (χ0v) is 11.2. The monoisotopic (exact) mass is 289 g/mol. The van der Waals surface area contributed by atoms with Crippen LogP contribution in [0.3, 0.4) is 0 Å². The number of benzene rings is 1. The van der Waals surface area contributed by atoms with Crippen LogP contribution in [0, 0.1) is 12.0 Å². The van der Waals surface area contributed by atoms with Gasteiger partial charge in [-0.1, -0.05) is 37.5 Å². The Kier molecular flexibility index (Phi) is 5.43. The van der Waals surface area contributed by atoms with Crippen molar-refractivity contribution in [2.24, 2.45) is 4.36 Å². The van der Waals surface area contributed by atoms with Gasteiger partial charge in [0.05, 0.1) is 4.90 Å². The van der Waals surface area contributed by atoms with E-state index in [4.69, 9.17) is 0 Å². The summed E-state index contributed by atoms with van der Waals surface area (Å²) in [5.74, 6) is 2.49. The summed E-state index contributed by atoms with van der Waals surface area (Å²) in [4.78, 5) is -0.368. The first-order valence-electron chi connectivity index (χ1n) is 5.77. The van der Waals surface area contributed by atoms with Crippen molar-refractivity contribution < 1.29 is 17.4 Å². The highest BCUT2D eigenvalue weighted by Gasteiger charge is 2.44. The van der Waals surface area contributed by atoms with E-state index < -0.39 is 15.2 Å². The Morgan fingerprint density at radius 1 is 1.26 bits per heavy atom. The van der Waals surface area contributed by atoms with E-state index >= 15 is 0 Å². The van der Waals surface area contributed by atoms with E-state index in [-0.39, 0.29) is 4.90 Å². The molecule has 0 aromatic heterocycles. The number of hydrogen-bond donors (Lipinski definition) is 0. The molecule has 0 bridgehead atoms. The number of halogens is 3. The van der Waals surface area contributed by atoms with Gasteiger partial charge in [-0.2, -0.15) is 13.2 Å². The maximum absolute atomic E-state index is 12.9. The third kappa shape index (κ3) is 4.00. The minimum atomic E-state index is -4.94. The molecule has 19 heavy (non-hydrogen) atoms. The normalized spacial score (nSPS) is 14.1. The molecule has 0 amide bonds. The summed E-state index contributed by atoms with van der Waals surface area (Å²) in [6.45, 7) is 1.95. The fourth-order valence-corrected chi connectivity index (χ4v) is 2.46. The Hall–Kier alpha value is -1.48. The average Bonchev–Trinajstić information content (AvgIpc) is 2.38. The highest BCUT2D eigenvalue weighted by atomic mass is 32.2. The molecule has 0 saturated heterocycles. The van der Waals surface area contributed by atoms with Crippen molar-refractivity contribution in [2.45, 2.75) is 36.6 Å². The molecule has 0 fully saturated rings. The van der Waals surface area contributed by atoms with Crippen LogP contribution >= 0.6 is 0 Å². The SMILES string of the molecule is CCCCC#CN=S(=O)(c1ccccc1)C(F)(F)F. The van der Waals surface area contributed by atoms with E-state index in [2.05, 4.69) is 10.3 Å². The molecule has 2 nitrogen and oxygen atoms in total. The fraction of sp³-hybridized carbons (Fsp3) is 0.385. The van der Waals surface area contributed by atoms with E-state index in [1.807, 2.05) is 13.0 Å². The third-order valence-electron chi connectivity index (χ3n) is 2.29. The van der Waals surface area contributed by atoms with Crippen LogP contribution in [-0.2, 0) is 9.73 Å². The van der Waals surface area contributed by atoms with Gasteiger partial charge in [0, 0.05) is 12.5 Å². The molecule has 0 saturated carbocycles. The molecule has 104 valence electrons. The molecule has 1 atom stereocenters. The predicted octanol–water partition coefficient (Wildman–Crippen LogP) is 4.18. The quantitative estimate of drug-likeness (QED) is 0.606. The summed E-state index contributed by atoms with van der Waals surface area (Å²) in [7, 11) is -4.52. The maximum Gasteiger partial charge on any atom is 0.484 e. The van der Waals surface area contributed by atoms with E-state index in [1.54, 1.807) is 6.07 Å². The van der Waals surface area contributed by atoms with Crippen molar-refractivity contribution in [3.63, 3.8) is 0 Å². The number of alkyl halides is 3. The third-order valence-corrected chi connectivity index (χ3v) is 4.17. The van der Waals surface area contributed by atoms with E-state index in [0.29, 0.717) is 6.42 Å². The summed E-state index contributed by atoms with van der Waals surface area (Å²) < 4.78 is 53.9. The minimum absolute atomic E-state index is 0.368. The van der Waals surface area contributed by atoms with Crippen LogP contribution in [0.15, 0.2) is 39.6 Å². The molecule has 1 rings (SSSR count). The molecule has 6 heteroatoms. The van der Waals surface area contributed by atoms with Gasteiger partial charge in [-0.25, -0.2) is 4.21 Å². The number of nitrogens with zero attached hydrogens (tertiary/aromatic N) is 1. The van der Waals surface area contributed by atoms with Crippen LogP contribution in [-0.4, -0.2) is 9.72 Å². The molecule has 1 unspecified atom stereocenters. The van der Waals surface area contributed by atoms with Crippen molar-refractivity contribution in [2.75, 3.05) is 0 Å². The Labute approximate surface area is 111 Å². The first kappa shape index (κ1) is 15.6. The van der Waals surface area contributed by atoms with Gasteiger partial charge < -0.3 is 0 Å². The summed E-state index contributed by atoms with van der Waals surface area (Å²) in [5.41, 5.74) is -4.94. The minimum Gasteiger partial charge on any atom is -0.235 e. The molecule has 1 aromatic carbocycles. The molecular formula is C13H14F3NOS. The van der Waals surface area contributed by atoms with E-state index in [1.165, 1.54) is 12.1 Å². The molecule has 0 aliphatic heterocycles. The van der Waals surface area contributed by atoms with E-state index in [9.17, 15) is 17.4 Å². The van der Waals surface area contributed by atoms with Crippen LogP contribution < -0.4 is 0 Å². The first-order chi connectivity index (χ1) is 8.92. The summed E-state index contributed by atoms with van der Waals surface area (Å²) in [5, 5.41) is 0. The summed E-state index contributed by atoms with van der Waals surface area (Å²) in [6.07, 6.45) is 2.12. The zero-order chi connectivity index (χ0) is 14.4. The van der Waals surface area contributed by atoms with Gasteiger partial charge in [-0.05, 0) is 18.6 Å². The molecule has 0 heterocycles. The summed E-state index contributed by atoms with van der Waals surface area (Å²) >= 11 is 0. The van der Waals surface area contributed by atoms with Gasteiger partial charge in [-0.3, -0.25) is 0 Å². The van der Waals surface area contributed by atoms with E-state index in [0.717, 1.165) is 25.0 Å². The molecular weight excluding hydrogens is 275 g/mol. The number of rotatable bonds is 3. The highest BCUT2D eigenvalue weighted by Crippen LogP contribution is 2.32. The lowest BCUT2D eigenvalue weighted by Gasteiger charge is -2.11. The van der Waals surface area contributed by atoms with Gasteiger partial charge in [0.25, 0.3) is 0 Å². The van der Waals surface area contributed by atoms with Crippen molar-refractivity contribution >= 4 is 9.73 Å². The van der Waals surface area contributed by atoms with Crippen LogP contribution in [0.1, 0.15) is 26.2 Å². The molecule has 1 aromatic rings. The molecule has 0 radical (unpaired) electrons. The van der Waals surface area contributed by atoms with Gasteiger partial charge >= 0.3 is 5.51 Å². The second-order valence-electron chi connectivity index (χ2n) is 3.77. The summed E-state index contributed by atoms with van der Waals surface area (Å²) in [6, 6.07) is 8.66. The lowest BCUT2D eigenvalue weighted by Crippen LogP contribution is -2.22. The fourth-order valence-electron chi connectivity index (χ4n) is 1.26. The second-order valence-corrected chi connectivity index (χ2v) is 5.94. The topological polar surface area (TPSA) is 29.4 Å².